The molecule has 5 nitrogen and oxygen atoms in total. The Morgan fingerprint density at radius 2 is 2.35 bits per heavy atom. The van der Waals surface area contributed by atoms with E-state index < -0.39 is 5.97 Å². The van der Waals surface area contributed by atoms with Gasteiger partial charge in [0, 0.05) is 24.8 Å². The van der Waals surface area contributed by atoms with Crippen molar-refractivity contribution in [1.82, 2.24) is 14.7 Å². The monoisotopic (exact) mass is 271 g/mol. The van der Waals surface area contributed by atoms with Crippen LogP contribution in [-0.2, 0) is 11.3 Å². The summed E-state index contributed by atoms with van der Waals surface area (Å²) < 4.78 is 1.83. The van der Waals surface area contributed by atoms with Crippen molar-refractivity contribution in [3.8, 4) is 5.69 Å². The Hall–Kier alpha value is -2.14. The average Bonchev–Trinajstić information content (AvgIpc) is 2.82. The minimum Gasteiger partial charge on any atom is -0.480 e. The fourth-order valence-electron chi connectivity index (χ4n) is 2.50. The van der Waals surface area contributed by atoms with E-state index in [1.54, 1.807) is 6.20 Å². The van der Waals surface area contributed by atoms with Crippen LogP contribution in [-0.4, -0.2) is 38.3 Å². The maximum Gasteiger partial charge on any atom is 0.320 e. The Labute approximate surface area is 117 Å². The van der Waals surface area contributed by atoms with Crippen LogP contribution >= 0.6 is 0 Å². The molecule has 0 radical (unpaired) electrons. The van der Waals surface area contributed by atoms with Crippen LogP contribution in [0.2, 0.25) is 0 Å². The number of carboxylic acids is 1. The Morgan fingerprint density at radius 1 is 1.50 bits per heavy atom. The molecule has 2 aromatic rings. The predicted octanol–water partition coefficient (Wildman–Crippen LogP) is 1.84. The molecule has 1 aromatic carbocycles. The van der Waals surface area contributed by atoms with Crippen LogP contribution < -0.4 is 0 Å². The van der Waals surface area contributed by atoms with Crippen molar-refractivity contribution in [2.45, 2.75) is 25.9 Å². The quantitative estimate of drug-likeness (QED) is 0.922. The van der Waals surface area contributed by atoms with Crippen LogP contribution in [0.25, 0.3) is 5.69 Å². The number of rotatable bonds is 4. The standard InChI is InChI=1S/C15H17N3O2/c1-11-3-2-4-13(7-11)18-10-12(8-16-18)9-17-6-5-14(17)15(19)20/h2-4,7-8,10,14H,5-6,9H2,1H3,(H,19,20)/t14-/m1/s1. The van der Waals surface area contributed by atoms with Gasteiger partial charge in [-0.2, -0.15) is 5.10 Å². The van der Waals surface area contributed by atoms with Crippen LogP contribution in [0.4, 0.5) is 0 Å². The van der Waals surface area contributed by atoms with Crippen molar-refractivity contribution in [3.05, 3.63) is 47.8 Å². The number of carboxylic acid groups (broad SMARTS) is 1. The van der Waals surface area contributed by atoms with Gasteiger partial charge in [0.2, 0.25) is 0 Å². The molecule has 0 aliphatic carbocycles. The van der Waals surface area contributed by atoms with Gasteiger partial charge in [-0.1, -0.05) is 12.1 Å². The number of benzene rings is 1. The summed E-state index contributed by atoms with van der Waals surface area (Å²) in [7, 11) is 0. The van der Waals surface area contributed by atoms with Crippen LogP contribution in [0.1, 0.15) is 17.5 Å². The summed E-state index contributed by atoms with van der Waals surface area (Å²) in [4.78, 5) is 12.9. The van der Waals surface area contributed by atoms with Crippen LogP contribution in [0.3, 0.4) is 0 Å². The van der Waals surface area contributed by atoms with Gasteiger partial charge in [0.1, 0.15) is 6.04 Å². The van der Waals surface area contributed by atoms with E-state index >= 15 is 0 Å². The van der Waals surface area contributed by atoms with Crippen molar-refractivity contribution in [1.29, 1.82) is 0 Å². The lowest BCUT2D eigenvalue weighted by Gasteiger charge is -2.37. The Kier molecular flexibility index (Phi) is 3.28. The van der Waals surface area contributed by atoms with Crippen molar-refractivity contribution in [2.75, 3.05) is 6.54 Å². The maximum atomic E-state index is 11.0. The number of aromatic nitrogens is 2. The maximum absolute atomic E-state index is 11.0. The Balaban J connectivity index is 1.73. The summed E-state index contributed by atoms with van der Waals surface area (Å²) in [5.74, 6) is -0.734. The highest BCUT2D eigenvalue weighted by Gasteiger charge is 2.33. The van der Waals surface area contributed by atoms with Crippen molar-refractivity contribution in [2.24, 2.45) is 0 Å². The third-order valence-corrected chi connectivity index (χ3v) is 3.70. The lowest BCUT2D eigenvalue weighted by molar-refractivity contribution is -0.148. The highest BCUT2D eigenvalue weighted by atomic mass is 16.4. The molecule has 0 saturated carbocycles. The van der Waals surface area contributed by atoms with Gasteiger partial charge < -0.3 is 5.11 Å². The molecule has 0 bridgehead atoms. The fourth-order valence-corrected chi connectivity index (χ4v) is 2.50. The van der Waals surface area contributed by atoms with Gasteiger partial charge in [-0.3, -0.25) is 9.69 Å². The molecule has 2 heterocycles. The molecule has 104 valence electrons. The first-order chi connectivity index (χ1) is 9.63. The van der Waals surface area contributed by atoms with E-state index in [4.69, 9.17) is 5.11 Å². The molecule has 0 spiro atoms. The Bertz CT molecular complexity index is 636. The van der Waals surface area contributed by atoms with E-state index in [9.17, 15) is 4.79 Å². The van der Waals surface area contributed by atoms with Crippen molar-refractivity contribution >= 4 is 5.97 Å². The first-order valence-corrected chi connectivity index (χ1v) is 6.71. The second-order valence-electron chi connectivity index (χ2n) is 5.25. The molecule has 1 aliphatic rings. The topological polar surface area (TPSA) is 58.4 Å². The second kappa shape index (κ2) is 5.09. The molecule has 5 heteroatoms. The molecule has 1 N–H and O–H groups in total. The summed E-state index contributed by atoms with van der Waals surface area (Å²) in [5.41, 5.74) is 3.25. The van der Waals surface area contributed by atoms with Gasteiger partial charge in [0.15, 0.2) is 0 Å². The lowest BCUT2D eigenvalue weighted by Crippen LogP contribution is -2.51. The number of aryl methyl sites for hydroxylation is 1. The number of likely N-dealkylation sites (tertiary alicyclic amines) is 1. The number of hydrogen-bond donors (Lipinski definition) is 1. The van der Waals surface area contributed by atoms with Crippen LogP contribution in [0, 0.1) is 6.92 Å². The smallest absolute Gasteiger partial charge is 0.320 e. The predicted molar refractivity (Wildman–Crippen MR) is 74.8 cm³/mol. The summed E-state index contributed by atoms with van der Waals surface area (Å²) in [6, 6.07) is 7.79. The molecule has 20 heavy (non-hydrogen) atoms. The molecule has 1 saturated heterocycles. The number of nitrogens with zero attached hydrogens (tertiary/aromatic N) is 3. The normalized spacial score (nSPS) is 18.8. The zero-order valence-corrected chi connectivity index (χ0v) is 11.4. The van der Waals surface area contributed by atoms with Gasteiger partial charge in [-0.05, 0) is 31.0 Å². The average molecular weight is 271 g/mol. The second-order valence-corrected chi connectivity index (χ2v) is 5.25. The molecule has 0 amide bonds. The van der Waals surface area contributed by atoms with E-state index in [1.807, 2.05) is 40.9 Å². The number of carbonyl (C=O) groups is 1. The van der Waals surface area contributed by atoms with Gasteiger partial charge in [0.05, 0.1) is 11.9 Å². The molecule has 1 aliphatic heterocycles. The third-order valence-electron chi connectivity index (χ3n) is 3.70. The summed E-state index contributed by atoms with van der Waals surface area (Å²) in [5, 5.41) is 13.4. The SMILES string of the molecule is Cc1cccc(-n2cc(CN3CC[C@@H]3C(=O)O)cn2)c1. The van der Waals surface area contributed by atoms with E-state index in [1.165, 1.54) is 5.56 Å². The zero-order chi connectivity index (χ0) is 14.1. The van der Waals surface area contributed by atoms with E-state index in [0.717, 1.165) is 24.2 Å². The highest BCUT2D eigenvalue weighted by Crippen LogP contribution is 2.21. The molecular formula is C15H17N3O2. The first kappa shape index (κ1) is 12.9. The summed E-state index contributed by atoms with van der Waals surface area (Å²) >= 11 is 0. The van der Waals surface area contributed by atoms with E-state index in [-0.39, 0.29) is 6.04 Å². The number of hydrogen-bond acceptors (Lipinski definition) is 3. The minimum absolute atomic E-state index is 0.336. The third kappa shape index (κ3) is 2.44. The molecular weight excluding hydrogens is 254 g/mol. The minimum atomic E-state index is -0.734. The van der Waals surface area contributed by atoms with Crippen molar-refractivity contribution < 1.29 is 9.90 Å². The van der Waals surface area contributed by atoms with Gasteiger partial charge in [-0.15, -0.1) is 0 Å². The fraction of sp³-hybridized carbons (Fsp3) is 0.333. The molecule has 1 aromatic heterocycles. The first-order valence-electron chi connectivity index (χ1n) is 6.71. The van der Waals surface area contributed by atoms with Gasteiger partial charge in [0.25, 0.3) is 0 Å². The molecule has 3 rings (SSSR count). The highest BCUT2D eigenvalue weighted by molar-refractivity contribution is 5.74. The van der Waals surface area contributed by atoms with Gasteiger partial charge in [-0.25, -0.2) is 4.68 Å². The number of aliphatic carboxylic acids is 1. The summed E-state index contributed by atoms with van der Waals surface area (Å²) in [6.07, 6.45) is 4.51. The largest absolute Gasteiger partial charge is 0.480 e. The van der Waals surface area contributed by atoms with Crippen molar-refractivity contribution in [3.63, 3.8) is 0 Å². The molecule has 1 fully saturated rings. The van der Waals surface area contributed by atoms with Crippen LogP contribution in [0.15, 0.2) is 36.7 Å². The van der Waals surface area contributed by atoms with Gasteiger partial charge >= 0.3 is 5.97 Å². The Morgan fingerprint density at radius 3 is 3.00 bits per heavy atom. The van der Waals surface area contributed by atoms with E-state index in [0.29, 0.717) is 6.54 Å². The zero-order valence-electron chi connectivity index (χ0n) is 11.4. The van der Waals surface area contributed by atoms with Crippen LogP contribution in [0.5, 0.6) is 0 Å². The molecule has 1 atom stereocenters. The van der Waals surface area contributed by atoms with E-state index in [2.05, 4.69) is 11.2 Å². The lowest BCUT2D eigenvalue weighted by atomic mass is 10.0. The molecule has 0 unspecified atom stereocenters. The summed E-state index contributed by atoms with van der Waals surface area (Å²) in [6.45, 7) is 3.53.